The van der Waals surface area contributed by atoms with E-state index in [1.165, 1.54) is 13.1 Å². The predicted molar refractivity (Wildman–Crippen MR) is 46.6 cm³/mol. The number of amides is 1. The van der Waals surface area contributed by atoms with Crippen molar-refractivity contribution in [1.29, 1.82) is 0 Å². The quantitative estimate of drug-likeness (QED) is 0.743. The second kappa shape index (κ2) is 3.99. The van der Waals surface area contributed by atoms with Crippen LogP contribution in [-0.2, 0) is 11.3 Å². The van der Waals surface area contributed by atoms with Crippen LogP contribution in [0.4, 0.5) is 0 Å². The number of carboxylic acids is 1. The lowest BCUT2D eigenvalue weighted by atomic mass is 10.5. The predicted octanol–water partition coefficient (Wildman–Crippen LogP) is 0.477. The van der Waals surface area contributed by atoms with Gasteiger partial charge in [0.1, 0.15) is 0 Å². The smallest absolute Gasteiger partial charge is 0.365 e. The minimum absolute atomic E-state index is 0.0420. The summed E-state index contributed by atoms with van der Waals surface area (Å²) < 4.78 is 0. The fourth-order valence-corrected chi connectivity index (χ4v) is 1.39. The van der Waals surface area contributed by atoms with Crippen LogP contribution in [0.2, 0.25) is 0 Å². The minimum atomic E-state index is -1.04. The number of hydrogen-bond acceptors (Lipinski definition) is 4. The second-order valence-corrected chi connectivity index (χ2v) is 3.46. The molecule has 0 fully saturated rings. The summed E-state index contributed by atoms with van der Waals surface area (Å²) in [6.45, 7) is 1.74. The van der Waals surface area contributed by atoms with E-state index in [1.54, 1.807) is 0 Å². The zero-order valence-corrected chi connectivity index (χ0v) is 7.72. The van der Waals surface area contributed by atoms with Crippen molar-refractivity contribution in [1.82, 2.24) is 10.3 Å². The van der Waals surface area contributed by atoms with Crippen molar-refractivity contribution in [3.05, 3.63) is 16.1 Å². The first-order valence-corrected chi connectivity index (χ1v) is 4.33. The lowest BCUT2D eigenvalue weighted by molar-refractivity contribution is -0.119. The Hall–Kier alpha value is -1.43. The molecule has 1 amide bonds. The molecule has 6 heteroatoms. The summed E-state index contributed by atoms with van der Waals surface area (Å²) in [4.78, 5) is 25.3. The van der Waals surface area contributed by atoms with Crippen LogP contribution < -0.4 is 5.32 Å². The molecule has 0 aliphatic carbocycles. The highest BCUT2D eigenvalue weighted by atomic mass is 32.1. The van der Waals surface area contributed by atoms with Gasteiger partial charge in [-0.15, -0.1) is 11.3 Å². The first-order valence-electron chi connectivity index (χ1n) is 3.52. The summed E-state index contributed by atoms with van der Waals surface area (Å²) in [5.74, 6) is -1.19. The number of nitrogens with zero attached hydrogens (tertiary/aromatic N) is 1. The highest BCUT2D eigenvalue weighted by Crippen LogP contribution is 2.11. The summed E-state index contributed by atoms with van der Waals surface area (Å²) in [6.07, 6.45) is 1.45. The van der Waals surface area contributed by atoms with Crippen molar-refractivity contribution in [3.8, 4) is 0 Å². The van der Waals surface area contributed by atoms with E-state index in [-0.39, 0.29) is 10.9 Å². The van der Waals surface area contributed by atoms with E-state index in [2.05, 4.69) is 10.3 Å². The zero-order valence-electron chi connectivity index (χ0n) is 6.90. The fourth-order valence-electron chi connectivity index (χ4n) is 0.700. The van der Waals surface area contributed by atoms with Gasteiger partial charge < -0.3 is 10.4 Å². The maximum Gasteiger partial charge on any atom is 0.365 e. The standard InChI is InChI=1S/C7H8N2O3S/c1-4(10)8-2-5-3-9-6(13-5)7(11)12/h3H,2H2,1H3,(H,8,10)(H,11,12). The fraction of sp³-hybridized carbons (Fsp3) is 0.286. The summed E-state index contributed by atoms with van der Waals surface area (Å²) in [7, 11) is 0. The Labute approximate surface area is 78.4 Å². The number of aromatic carboxylic acids is 1. The van der Waals surface area contributed by atoms with E-state index in [4.69, 9.17) is 5.11 Å². The molecule has 2 N–H and O–H groups in total. The maximum absolute atomic E-state index is 10.5. The number of hydrogen-bond donors (Lipinski definition) is 2. The van der Waals surface area contributed by atoms with Gasteiger partial charge in [0.2, 0.25) is 10.9 Å². The van der Waals surface area contributed by atoms with Crippen LogP contribution in [-0.4, -0.2) is 22.0 Å². The van der Waals surface area contributed by atoms with Gasteiger partial charge in [-0.2, -0.15) is 0 Å². The third-order valence-corrected chi connectivity index (χ3v) is 2.23. The third kappa shape index (κ3) is 2.83. The van der Waals surface area contributed by atoms with Gasteiger partial charge in [-0.25, -0.2) is 9.78 Å². The molecule has 0 aliphatic heterocycles. The van der Waals surface area contributed by atoms with Crippen LogP contribution in [0.15, 0.2) is 6.20 Å². The Balaban J connectivity index is 2.59. The van der Waals surface area contributed by atoms with Crippen molar-refractivity contribution in [3.63, 3.8) is 0 Å². The number of thiazole rings is 1. The molecule has 0 unspecified atom stereocenters. The van der Waals surface area contributed by atoms with Crippen molar-refractivity contribution in [2.45, 2.75) is 13.5 Å². The summed E-state index contributed by atoms with van der Waals surface area (Å²) in [5, 5.41) is 11.1. The highest BCUT2D eigenvalue weighted by molar-refractivity contribution is 7.13. The molecule has 1 rings (SSSR count). The van der Waals surface area contributed by atoms with E-state index in [1.807, 2.05) is 0 Å². The molecule has 0 atom stereocenters. The molecule has 5 nitrogen and oxygen atoms in total. The zero-order chi connectivity index (χ0) is 9.84. The average molecular weight is 200 g/mol. The molecule has 0 spiro atoms. The largest absolute Gasteiger partial charge is 0.476 e. The van der Waals surface area contributed by atoms with Crippen molar-refractivity contribution >= 4 is 23.2 Å². The molecule has 0 bridgehead atoms. The molecule has 0 radical (unpaired) electrons. The van der Waals surface area contributed by atoms with E-state index in [0.29, 0.717) is 6.54 Å². The van der Waals surface area contributed by atoms with Crippen molar-refractivity contribution < 1.29 is 14.7 Å². The molecule has 0 saturated heterocycles. The van der Waals surface area contributed by atoms with Gasteiger partial charge in [-0.05, 0) is 0 Å². The Morgan fingerprint density at radius 3 is 2.85 bits per heavy atom. The Morgan fingerprint density at radius 1 is 1.69 bits per heavy atom. The molecule has 1 aromatic heterocycles. The molecular weight excluding hydrogens is 192 g/mol. The molecule has 0 aliphatic rings. The lowest BCUT2D eigenvalue weighted by Gasteiger charge is -1.95. The van der Waals surface area contributed by atoms with E-state index >= 15 is 0 Å². The minimum Gasteiger partial charge on any atom is -0.476 e. The number of carboxylic acid groups (broad SMARTS) is 1. The van der Waals surface area contributed by atoms with Crippen LogP contribution in [0.1, 0.15) is 21.6 Å². The van der Waals surface area contributed by atoms with E-state index in [9.17, 15) is 9.59 Å². The van der Waals surface area contributed by atoms with Gasteiger partial charge in [0.15, 0.2) is 0 Å². The number of carbonyl (C=O) groups excluding carboxylic acids is 1. The molecule has 1 aromatic rings. The van der Waals surface area contributed by atoms with Gasteiger partial charge in [-0.1, -0.05) is 0 Å². The summed E-state index contributed by atoms with van der Waals surface area (Å²) >= 11 is 1.06. The normalized spacial score (nSPS) is 9.62. The molecule has 0 aromatic carbocycles. The number of nitrogens with one attached hydrogen (secondary N) is 1. The first kappa shape index (κ1) is 9.66. The molecular formula is C7H8N2O3S. The van der Waals surface area contributed by atoms with Crippen LogP contribution in [0.5, 0.6) is 0 Å². The Bertz CT molecular complexity index is 334. The molecule has 0 saturated carbocycles. The highest BCUT2D eigenvalue weighted by Gasteiger charge is 2.08. The Morgan fingerprint density at radius 2 is 2.38 bits per heavy atom. The second-order valence-electron chi connectivity index (χ2n) is 2.35. The lowest BCUT2D eigenvalue weighted by Crippen LogP contribution is -2.18. The first-order chi connectivity index (χ1) is 6.09. The van der Waals surface area contributed by atoms with Crippen molar-refractivity contribution in [2.24, 2.45) is 0 Å². The average Bonchev–Trinajstić information content (AvgIpc) is 2.48. The molecule has 13 heavy (non-hydrogen) atoms. The number of aromatic nitrogens is 1. The van der Waals surface area contributed by atoms with Crippen LogP contribution in [0, 0.1) is 0 Å². The monoisotopic (exact) mass is 200 g/mol. The van der Waals surface area contributed by atoms with Gasteiger partial charge in [0.05, 0.1) is 6.54 Å². The van der Waals surface area contributed by atoms with Crippen LogP contribution in [0.25, 0.3) is 0 Å². The summed E-state index contributed by atoms with van der Waals surface area (Å²) in [5.41, 5.74) is 0. The number of rotatable bonds is 3. The van der Waals surface area contributed by atoms with Crippen LogP contribution in [0.3, 0.4) is 0 Å². The third-order valence-electron chi connectivity index (χ3n) is 1.25. The molecule has 1 heterocycles. The van der Waals surface area contributed by atoms with Gasteiger partial charge >= 0.3 is 5.97 Å². The van der Waals surface area contributed by atoms with E-state index in [0.717, 1.165) is 16.2 Å². The topological polar surface area (TPSA) is 79.3 Å². The van der Waals surface area contributed by atoms with Crippen LogP contribution >= 0.6 is 11.3 Å². The Kier molecular flexibility index (Phi) is 2.97. The number of carbonyl (C=O) groups is 2. The summed E-state index contributed by atoms with van der Waals surface area (Å²) in [6, 6.07) is 0. The van der Waals surface area contributed by atoms with Crippen molar-refractivity contribution in [2.75, 3.05) is 0 Å². The van der Waals surface area contributed by atoms with Gasteiger partial charge in [-0.3, -0.25) is 4.79 Å². The van der Waals surface area contributed by atoms with E-state index < -0.39 is 5.97 Å². The van der Waals surface area contributed by atoms with Gasteiger partial charge in [0, 0.05) is 18.0 Å². The SMILES string of the molecule is CC(=O)NCc1cnc(C(=O)O)s1. The van der Waals surface area contributed by atoms with Gasteiger partial charge in [0.25, 0.3) is 0 Å². The molecule has 70 valence electrons. The maximum atomic E-state index is 10.5.